The van der Waals surface area contributed by atoms with E-state index >= 15 is 0 Å². The zero-order valence-electron chi connectivity index (χ0n) is 20.3. The summed E-state index contributed by atoms with van der Waals surface area (Å²) in [7, 11) is 2.90. The molecule has 0 saturated carbocycles. The number of ether oxygens (including phenoxy) is 1. The Bertz CT molecular complexity index is 1430. The fourth-order valence-corrected chi connectivity index (χ4v) is 7.04. The number of Topliss-reactive ketones (excluding diaryl/α,β-unsaturated/α-hetero) is 1. The predicted molar refractivity (Wildman–Crippen MR) is 144 cm³/mol. The first-order valence-electron chi connectivity index (χ1n) is 11.4. The van der Waals surface area contributed by atoms with Gasteiger partial charge in [-0.1, -0.05) is 48.0 Å². The van der Waals surface area contributed by atoms with E-state index in [0.717, 1.165) is 4.47 Å². The number of halogens is 2. The van der Waals surface area contributed by atoms with Gasteiger partial charge < -0.3 is 15.4 Å². The molecule has 5 rings (SSSR count). The molecule has 0 fully saturated rings. The van der Waals surface area contributed by atoms with Crippen LogP contribution in [0.25, 0.3) is 0 Å². The first-order valence-corrected chi connectivity index (χ1v) is 13.0. The highest BCUT2D eigenvalue weighted by molar-refractivity contribution is 9.11. The van der Waals surface area contributed by atoms with Gasteiger partial charge >= 0.3 is 5.97 Å². The molecule has 2 aliphatic heterocycles. The van der Waals surface area contributed by atoms with Crippen LogP contribution < -0.4 is 15.5 Å². The molecule has 7 nitrogen and oxygen atoms in total. The third-order valence-electron chi connectivity index (χ3n) is 7.20. The summed E-state index contributed by atoms with van der Waals surface area (Å²) in [6.45, 7) is 4.03. The van der Waals surface area contributed by atoms with Gasteiger partial charge in [-0.3, -0.25) is 14.5 Å². The molecule has 2 aromatic rings. The highest BCUT2D eigenvalue weighted by atomic mass is 79.9. The summed E-state index contributed by atoms with van der Waals surface area (Å²) in [4.78, 5) is 45.0. The second-order valence-corrected chi connectivity index (χ2v) is 11.8. The lowest BCUT2D eigenvalue weighted by Crippen LogP contribution is -2.55. The van der Waals surface area contributed by atoms with Gasteiger partial charge in [0.1, 0.15) is 16.8 Å². The smallest absolute Gasteiger partial charge is 0.339 e. The van der Waals surface area contributed by atoms with Crippen molar-refractivity contribution in [2.24, 2.45) is 11.1 Å². The van der Waals surface area contributed by atoms with Crippen LogP contribution in [0.1, 0.15) is 32.3 Å². The minimum absolute atomic E-state index is 0.0478. The lowest BCUT2D eigenvalue weighted by molar-refractivity contribution is -0.138. The molecule has 2 aromatic carbocycles. The number of carbonyl (C=O) groups excluding carboxylic acids is 3. The normalized spacial score (nSPS) is 22.8. The molecule has 2 N–H and O–H groups in total. The van der Waals surface area contributed by atoms with Crippen molar-refractivity contribution in [3.8, 4) is 0 Å². The minimum Gasteiger partial charge on any atom is -0.466 e. The maximum atomic E-state index is 14.2. The summed E-state index contributed by atoms with van der Waals surface area (Å²) >= 11 is 7.10. The maximum Gasteiger partial charge on any atom is 0.339 e. The van der Waals surface area contributed by atoms with E-state index in [1.54, 1.807) is 24.1 Å². The monoisotopic (exact) mass is 613 g/mol. The van der Waals surface area contributed by atoms with Gasteiger partial charge in [-0.25, -0.2) is 4.79 Å². The van der Waals surface area contributed by atoms with Crippen LogP contribution in [0, 0.1) is 5.41 Å². The largest absolute Gasteiger partial charge is 0.466 e. The van der Waals surface area contributed by atoms with Crippen LogP contribution in [-0.4, -0.2) is 31.8 Å². The Hall–Kier alpha value is -2.91. The predicted octanol–water partition coefficient (Wildman–Crippen LogP) is 4.93. The molecule has 2 heterocycles. The van der Waals surface area contributed by atoms with Crippen molar-refractivity contribution in [3.05, 3.63) is 79.6 Å². The Balaban J connectivity index is 1.96. The number of para-hydroxylation sites is 1. The van der Waals surface area contributed by atoms with Crippen molar-refractivity contribution in [2.45, 2.75) is 32.1 Å². The molecule has 1 spiro atoms. The number of fused-ring (bicyclic) bond motifs is 3. The molecule has 0 radical (unpaired) electrons. The van der Waals surface area contributed by atoms with E-state index in [9.17, 15) is 14.4 Å². The van der Waals surface area contributed by atoms with Gasteiger partial charge in [0.05, 0.1) is 12.8 Å². The van der Waals surface area contributed by atoms with Crippen LogP contribution in [0.15, 0.2) is 74.1 Å². The highest BCUT2D eigenvalue weighted by Crippen LogP contribution is 2.58. The van der Waals surface area contributed by atoms with Crippen LogP contribution in [0.4, 0.5) is 11.4 Å². The fourth-order valence-electron chi connectivity index (χ4n) is 5.82. The van der Waals surface area contributed by atoms with E-state index < -0.39 is 17.3 Å². The number of esters is 1. The maximum absolute atomic E-state index is 14.2. The molecule has 3 aliphatic rings. The third kappa shape index (κ3) is 3.25. The molecule has 9 heteroatoms. The Labute approximate surface area is 226 Å². The molecule has 1 aliphatic carbocycles. The van der Waals surface area contributed by atoms with Crippen LogP contribution in [0.5, 0.6) is 0 Å². The molecule has 0 bridgehead atoms. The summed E-state index contributed by atoms with van der Waals surface area (Å²) in [6.07, 6.45) is 0.711. The first-order chi connectivity index (χ1) is 17.0. The number of nitrogens with zero attached hydrogens (tertiary/aromatic N) is 2. The molecule has 0 aromatic heterocycles. The topological polar surface area (TPSA) is 92.9 Å². The van der Waals surface area contributed by atoms with Crippen molar-refractivity contribution < 1.29 is 19.1 Å². The van der Waals surface area contributed by atoms with Crippen molar-refractivity contribution in [1.29, 1.82) is 0 Å². The van der Waals surface area contributed by atoms with Crippen molar-refractivity contribution in [1.82, 2.24) is 0 Å². The number of rotatable bonds is 2. The highest BCUT2D eigenvalue weighted by Gasteiger charge is 2.64. The number of amides is 1. The number of anilines is 2. The average Bonchev–Trinajstić information content (AvgIpc) is 3.02. The summed E-state index contributed by atoms with van der Waals surface area (Å²) < 4.78 is 6.76. The number of carbonyl (C=O) groups is 3. The molecule has 1 atom stereocenters. The van der Waals surface area contributed by atoms with E-state index in [4.69, 9.17) is 10.5 Å². The number of hydrogen-bond donors (Lipinski definition) is 1. The van der Waals surface area contributed by atoms with E-state index in [0.29, 0.717) is 33.5 Å². The number of benzene rings is 2. The number of nitrogens with two attached hydrogens (primary N) is 1. The Morgan fingerprint density at radius 2 is 1.75 bits per heavy atom. The zero-order chi connectivity index (χ0) is 26.2. The number of allylic oxidation sites excluding steroid dienone is 1. The average molecular weight is 615 g/mol. The summed E-state index contributed by atoms with van der Waals surface area (Å²) in [5.74, 6) is -1.28. The number of ketones is 1. The van der Waals surface area contributed by atoms with Crippen LogP contribution in [-0.2, 0) is 24.5 Å². The van der Waals surface area contributed by atoms with E-state index in [1.807, 2.05) is 44.2 Å². The van der Waals surface area contributed by atoms with Gasteiger partial charge in [-0.15, -0.1) is 0 Å². The van der Waals surface area contributed by atoms with Gasteiger partial charge in [0.15, 0.2) is 5.78 Å². The van der Waals surface area contributed by atoms with Gasteiger partial charge in [-0.05, 0) is 52.0 Å². The lowest BCUT2D eigenvalue weighted by Gasteiger charge is -2.47. The third-order valence-corrected chi connectivity index (χ3v) is 8.33. The van der Waals surface area contributed by atoms with E-state index in [2.05, 4.69) is 31.9 Å². The molecule has 186 valence electrons. The minimum atomic E-state index is -1.69. The van der Waals surface area contributed by atoms with Crippen molar-refractivity contribution in [3.63, 3.8) is 0 Å². The van der Waals surface area contributed by atoms with Crippen molar-refractivity contribution >= 4 is 60.9 Å². The molecular formula is C27H25Br2N3O4. The standard InChI is InChI=1S/C27H25Br2N3O4/c1-26(2)12-19-21(20(33)13-26)27(15-7-5-6-8-17(15)31(3)25(27)35)22(24(34)36-4)23(30)32(19)18-10-9-14(28)11-16(18)29/h5-11H,12-13,30H2,1-4H3. The van der Waals surface area contributed by atoms with Crippen LogP contribution in [0.2, 0.25) is 0 Å². The molecular weight excluding hydrogens is 590 g/mol. The number of likely N-dealkylation sites (N-methyl/N-ethyl adjacent to an activating group) is 1. The van der Waals surface area contributed by atoms with Crippen LogP contribution >= 0.6 is 31.9 Å². The second-order valence-electron chi connectivity index (χ2n) is 10.1. The van der Waals surface area contributed by atoms with Gasteiger partial charge in [0.2, 0.25) is 5.91 Å². The number of hydrogen-bond acceptors (Lipinski definition) is 6. The quantitative estimate of drug-likeness (QED) is 0.482. The molecule has 36 heavy (non-hydrogen) atoms. The second kappa shape index (κ2) is 8.31. The molecule has 1 unspecified atom stereocenters. The fraction of sp³-hybridized carbons (Fsp3) is 0.296. The Morgan fingerprint density at radius 1 is 1.06 bits per heavy atom. The molecule has 1 amide bonds. The number of methoxy groups -OCH3 is 1. The first kappa shape index (κ1) is 24.8. The SMILES string of the molecule is COC(=O)C1=C(N)N(c2ccc(Br)cc2Br)C2=C(C(=O)CC(C)(C)C2)C12C(=O)N(C)c1ccccc12. The van der Waals surface area contributed by atoms with E-state index in [1.165, 1.54) is 12.0 Å². The van der Waals surface area contributed by atoms with Gasteiger partial charge in [0.25, 0.3) is 0 Å². The zero-order valence-corrected chi connectivity index (χ0v) is 23.5. The van der Waals surface area contributed by atoms with E-state index in [-0.39, 0.29) is 34.6 Å². The Kier molecular flexibility index (Phi) is 5.72. The summed E-state index contributed by atoms with van der Waals surface area (Å²) in [5.41, 5.74) is 7.46. The van der Waals surface area contributed by atoms with Gasteiger partial charge in [-0.2, -0.15) is 0 Å². The Morgan fingerprint density at radius 3 is 2.42 bits per heavy atom. The van der Waals surface area contributed by atoms with Crippen LogP contribution in [0.3, 0.4) is 0 Å². The van der Waals surface area contributed by atoms with Crippen molar-refractivity contribution in [2.75, 3.05) is 24.0 Å². The lowest BCUT2D eigenvalue weighted by atomic mass is 9.60. The summed E-state index contributed by atoms with van der Waals surface area (Å²) in [6, 6.07) is 12.8. The van der Waals surface area contributed by atoms with Gasteiger partial charge in [0, 0.05) is 44.9 Å². The molecule has 0 saturated heterocycles. The summed E-state index contributed by atoms with van der Waals surface area (Å²) in [5, 5.41) is 0.